The van der Waals surface area contributed by atoms with E-state index in [1.807, 2.05) is 30.3 Å². The van der Waals surface area contributed by atoms with Crippen molar-refractivity contribution in [3.63, 3.8) is 0 Å². The third-order valence-electron chi connectivity index (χ3n) is 4.36. The first kappa shape index (κ1) is 17.7. The molecule has 4 rings (SSSR count). The number of fused-ring (bicyclic) bond motifs is 1. The molecule has 0 N–H and O–H groups in total. The Morgan fingerprint density at radius 3 is 2.29 bits per heavy atom. The summed E-state index contributed by atoms with van der Waals surface area (Å²) in [4.78, 5) is 0. The fourth-order valence-electron chi connectivity index (χ4n) is 3.14. The summed E-state index contributed by atoms with van der Waals surface area (Å²) < 4.78 is 49.0. The third-order valence-corrected chi connectivity index (χ3v) is 4.36. The lowest BCUT2D eigenvalue weighted by atomic mass is 10.0. The standard InChI is InChI=1S/C22H13F3N2O/c23-22(24,25)20-16(14-26)10-11-19(21(20)28-17-7-2-1-3-8-17)27-13-12-15-6-4-5-9-18(15)27/h1-13H. The smallest absolute Gasteiger partial charge is 0.421 e. The molecule has 0 saturated carbocycles. The van der Waals surface area contributed by atoms with Gasteiger partial charge in [-0.3, -0.25) is 0 Å². The fourth-order valence-corrected chi connectivity index (χ4v) is 3.14. The van der Waals surface area contributed by atoms with Crippen LogP contribution in [-0.2, 0) is 6.18 Å². The van der Waals surface area contributed by atoms with Crippen molar-refractivity contribution < 1.29 is 17.9 Å². The normalized spacial score (nSPS) is 11.4. The van der Waals surface area contributed by atoms with Crippen molar-refractivity contribution in [3.8, 4) is 23.3 Å². The number of para-hydroxylation sites is 2. The van der Waals surface area contributed by atoms with E-state index in [0.29, 0.717) is 0 Å². The zero-order chi connectivity index (χ0) is 19.7. The Balaban J connectivity index is 2.02. The minimum Gasteiger partial charge on any atom is -0.454 e. The number of rotatable bonds is 3. The molecule has 0 radical (unpaired) electrons. The minimum absolute atomic E-state index is 0.205. The van der Waals surface area contributed by atoms with E-state index in [4.69, 9.17) is 4.74 Å². The summed E-state index contributed by atoms with van der Waals surface area (Å²) in [6.45, 7) is 0. The molecule has 3 nitrogen and oxygen atoms in total. The maximum Gasteiger partial charge on any atom is 0.421 e. The zero-order valence-corrected chi connectivity index (χ0v) is 14.4. The molecule has 0 atom stereocenters. The summed E-state index contributed by atoms with van der Waals surface area (Å²) in [5.74, 6) is -0.153. The molecule has 0 unspecified atom stereocenters. The molecule has 0 aliphatic rings. The maximum atomic E-state index is 13.9. The van der Waals surface area contributed by atoms with Gasteiger partial charge in [0.15, 0.2) is 5.75 Å². The van der Waals surface area contributed by atoms with Crippen LogP contribution in [0.1, 0.15) is 11.1 Å². The van der Waals surface area contributed by atoms with E-state index < -0.39 is 23.1 Å². The molecule has 0 aliphatic heterocycles. The molecule has 1 aromatic heterocycles. The summed E-state index contributed by atoms with van der Waals surface area (Å²) in [6.07, 6.45) is -3.07. The van der Waals surface area contributed by atoms with Gasteiger partial charge in [-0.1, -0.05) is 36.4 Å². The Morgan fingerprint density at radius 2 is 1.57 bits per heavy atom. The van der Waals surface area contributed by atoms with Crippen molar-refractivity contribution in [3.05, 3.63) is 90.1 Å². The van der Waals surface area contributed by atoms with Crippen LogP contribution in [0.5, 0.6) is 11.5 Å². The van der Waals surface area contributed by atoms with Crippen LogP contribution < -0.4 is 4.74 Å². The lowest BCUT2D eigenvalue weighted by molar-refractivity contribution is -0.138. The van der Waals surface area contributed by atoms with Crippen molar-refractivity contribution in [2.24, 2.45) is 0 Å². The van der Waals surface area contributed by atoms with E-state index in [2.05, 4.69) is 0 Å². The number of alkyl halides is 3. The van der Waals surface area contributed by atoms with Gasteiger partial charge in [-0.2, -0.15) is 18.4 Å². The Kier molecular flexibility index (Phi) is 4.28. The summed E-state index contributed by atoms with van der Waals surface area (Å²) >= 11 is 0. The lowest BCUT2D eigenvalue weighted by Crippen LogP contribution is -2.12. The quantitative estimate of drug-likeness (QED) is 0.419. The molecule has 3 aromatic carbocycles. The second kappa shape index (κ2) is 6.78. The lowest BCUT2D eigenvalue weighted by Gasteiger charge is -2.19. The van der Waals surface area contributed by atoms with Gasteiger partial charge in [0.25, 0.3) is 0 Å². The van der Waals surface area contributed by atoms with Gasteiger partial charge in [-0.05, 0) is 41.8 Å². The Hall–Kier alpha value is -3.72. The Bertz CT molecular complexity index is 1190. The molecule has 1 heterocycles. The average molecular weight is 378 g/mol. The fraction of sp³-hybridized carbons (Fsp3) is 0.0455. The molecule has 6 heteroatoms. The SMILES string of the molecule is N#Cc1ccc(-n2ccc3ccccc32)c(Oc2ccccc2)c1C(F)(F)F. The van der Waals surface area contributed by atoms with Crippen molar-refractivity contribution in [2.45, 2.75) is 6.18 Å². The molecule has 0 bridgehead atoms. The number of hydrogen-bond acceptors (Lipinski definition) is 2. The highest BCUT2D eigenvalue weighted by atomic mass is 19.4. The van der Waals surface area contributed by atoms with Gasteiger partial charge >= 0.3 is 6.18 Å². The van der Waals surface area contributed by atoms with Crippen LogP contribution in [0.25, 0.3) is 16.6 Å². The highest BCUT2D eigenvalue weighted by molar-refractivity contribution is 5.83. The van der Waals surface area contributed by atoms with E-state index in [1.165, 1.54) is 12.1 Å². The topological polar surface area (TPSA) is 38.0 Å². The van der Waals surface area contributed by atoms with E-state index in [1.54, 1.807) is 47.2 Å². The van der Waals surface area contributed by atoms with Gasteiger partial charge in [0, 0.05) is 6.20 Å². The van der Waals surface area contributed by atoms with Gasteiger partial charge in [0.2, 0.25) is 0 Å². The molecule has 0 saturated heterocycles. The van der Waals surface area contributed by atoms with Crippen LogP contribution in [0.4, 0.5) is 13.2 Å². The first-order valence-corrected chi connectivity index (χ1v) is 8.42. The summed E-state index contributed by atoms with van der Waals surface area (Å²) in [5, 5.41) is 10.1. The molecule has 4 aromatic rings. The molecular formula is C22H13F3N2O. The second-order valence-electron chi connectivity index (χ2n) is 6.11. The summed E-state index contributed by atoms with van der Waals surface area (Å²) in [5.41, 5.74) is -0.637. The summed E-state index contributed by atoms with van der Waals surface area (Å²) in [7, 11) is 0. The number of hydrogen-bond donors (Lipinski definition) is 0. The van der Waals surface area contributed by atoms with Crippen LogP contribution in [0.3, 0.4) is 0 Å². The molecule has 28 heavy (non-hydrogen) atoms. The van der Waals surface area contributed by atoms with Crippen LogP contribution in [-0.4, -0.2) is 4.57 Å². The van der Waals surface area contributed by atoms with Crippen LogP contribution in [0.15, 0.2) is 79.0 Å². The van der Waals surface area contributed by atoms with E-state index in [9.17, 15) is 18.4 Å². The maximum absolute atomic E-state index is 13.9. The Labute approximate surface area is 158 Å². The van der Waals surface area contributed by atoms with Gasteiger partial charge in [0.1, 0.15) is 11.3 Å². The van der Waals surface area contributed by atoms with Gasteiger partial charge in [0.05, 0.1) is 22.8 Å². The van der Waals surface area contributed by atoms with E-state index in [0.717, 1.165) is 10.9 Å². The third kappa shape index (κ3) is 3.08. The number of nitrogens with zero attached hydrogens (tertiary/aromatic N) is 2. The van der Waals surface area contributed by atoms with Gasteiger partial charge in [-0.15, -0.1) is 0 Å². The van der Waals surface area contributed by atoms with Gasteiger partial charge < -0.3 is 9.30 Å². The first-order valence-electron chi connectivity index (χ1n) is 8.42. The predicted molar refractivity (Wildman–Crippen MR) is 99.5 cm³/mol. The largest absolute Gasteiger partial charge is 0.454 e. The van der Waals surface area contributed by atoms with Crippen molar-refractivity contribution in [1.29, 1.82) is 5.26 Å². The van der Waals surface area contributed by atoms with Crippen LogP contribution >= 0.6 is 0 Å². The first-order chi connectivity index (χ1) is 13.5. The van der Waals surface area contributed by atoms with Crippen LogP contribution in [0, 0.1) is 11.3 Å². The monoisotopic (exact) mass is 378 g/mol. The van der Waals surface area contributed by atoms with Gasteiger partial charge in [-0.25, -0.2) is 0 Å². The number of aromatic nitrogens is 1. The average Bonchev–Trinajstić information content (AvgIpc) is 3.11. The number of benzene rings is 3. The van der Waals surface area contributed by atoms with E-state index >= 15 is 0 Å². The molecule has 0 amide bonds. The van der Waals surface area contributed by atoms with Crippen molar-refractivity contribution in [1.82, 2.24) is 4.57 Å². The van der Waals surface area contributed by atoms with Crippen LogP contribution in [0.2, 0.25) is 0 Å². The Morgan fingerprint density at radius 1 is 0.857 bits per heavy atom. The molecule has 0 fully saturated rings. The molecule has 0 aliphatic carbocycles. The minimum atomic E-state index is -4.76. The molecule has 138 valence electrons. The number of ether oxygens (including phenoxy) is 1. The highest BCUT2D eigenvalue weighted by Crippen LogP contribution is 2.44. The predicted octanol–water partition coefficient (Wildman–Crippen LogP) is 6.31. The van der Waals surface area contributed by atoms with Crippen molar-refractivity contribution >= 4 is 10.9 Å². The zero-order valence-electron chi connectivity index (χ0n) is 14.4. The number of nitriles is 1. The number of halogens is 3. The molecule has 0 spiro atoms. The van der Waals surface area contributed by atoms with Crippen molar-refractivity contribution in [2.75, 3.05) is 0 Å². The van der Waals surface area contributed by atoms with E-state index in [-0.39, 0.29) is 11.4 Å². The summed E-state index contributed by atoms with van der Waals surface area (Å²) in [6, 6.07) is 21.6. The second-order valence-corrected chi connectivity index (χ2v) is 6.11. The highest BCUT2D eigenvalue weighted by Gasteiger charge is 2.39. The molecular weight excluding hydrogens is 365 g/mol.